The second kappa shape index (κ2) is 4.93. The van der Waals surface area contributed by atoms with Gasteiger partial charge in [0.15, 0.2) is 0 Å². The van der Waals surface area contributed by atoms with E-state index in [1.54, 1.807) is 19.1 Å². The van der Waals surface area contributed by atoms with Gasteiger partial charge in [-0.25, -0.2) is 4.39 Å². The van der Waals surface area contributed by atoms with Crippen molar-refractivity contribution in [1.82, 2.24) is 0 Å². The number of nitrogens with zero attached hydrogens (tertiary/aromatic N) is 1. The van der Waals surface area contributed by atoms with Gasteiger partial charge in [0.2, 0.25) is 0 Å². The lowest BCUT2D eigenvalue weighted by Crippen LogP contribution is -1.99. The molecule has 0 fully saturated rings. The zero-order valence-electron chi connectivity index (χ0n) is 10.2. The molecule has 0 aliphatic heterocycles. The molecule has 0 saturated heterocycles. The minimum Gasteiger partial charge on any atom is -0.397 e. The number of nitrogen functional groups attached to an aromatic ring is 1. The highest BCUT2D eigenvalue weighted by atomic mass is 19.1. The largest absolute Gasteiger partial charge is 0.397 e. The lowest BCUT2D eigenvalue weighted by molar-refractivity contribution is -0.384. The van der Waals surface area contributed by atoms with Crippen molar-refractivity contribution in [1.29, 1.82) is 0 Å². The third-order valence-corrected chi connectivity index (χ3v) is 2.64. The highest BCUT2D eigenvalue weighted by Crippen LogP contribution is 2.28. The molecule has 6 heteroatoms. The van der Waals surface area contributed by atoms with Gasteiger partial charge in [-0.2, -0.15) is 0 Å². The predicted molar refractivity (Wildman–Crippen MR) is 71.9 cm³/mol. The number of benzene rings is 2. The number of hydrogen-bond donors (Lipinski definition) is 2. The number of nitro benzene ring substituents is 1. The maximum Gasteiger partial charge on any atom is 0.271 e. The molecule has 98 valence electrons. The van der Waals surface area contributed by atoms with E-state index in [1.807, 2.05) is 0 Å². The van der Waals surface area contributed by atoms with Crippen molar-refractivity contribution in [2.24, 2.45) is 0 Å². The second-order valence-electron chi connectivity index (χ2n) is 4.14. The lowest BCUT2D eigenvalue weighted by Gasteiger charge is -2.10. The lowest BCUT2D eigenvalue weighted by atomic mass is 10.2. The molecule has 0 aliphatic carbocycles. The van der Waals surface area contributed by atoms with Crippen LogP contribution in [0.15, 0.2) is 36.4 Å². The van der Waals surface area contributed by atoms with Crippen molar-refractivity contribution in [3.05, 3.63) is 57.9 Å². The predicted octanol–water partition coefficient (Wildman–Crippen LogP) is 3.37. The van der Waals surface area contributed by atoms with Gasteiger partial charge in [-0.15, -0.1) is 0 Å². The Morgan fingerprint density at radius 3 is 2.47 bits per heavy atom. The van der Waals surface area contributed by atoms with E-state index in [4.69, 9.17) is 5.73 Å². The zero-order valence-corrected chi connectivity index (χ0v) is 10.2. The van der Waals surface area contributed by atoms with E-state index in [0.29, 0.717) is 5.69 Å². The van der Waals surface area contributed by atoms with Gasteiger partial charge in [0.05, 0.1) is 22.0 Å². The van der Waals surface area contributed by atoms with Crippen molar-refractivity contribution >= 4 is 22.7 Å². The van der Waals surface area contributed by atoms with Crippen LogP contribution in [-0.4, -0.2) is 4.92 Å². The summed E-state index contributed by atoms with van der Waals surface area (Å²) in [5.74, 6) is -0.405. The van der Waals surface area contributed by atoms with E-state index in [-0.39, 0.29) is 17.1 Å². The molecule has 0 saturated carbocycles. The van der Waals surface area contributed by atoms with Crippen LogP contribution in [0, 0.1) is 22.9 Å². The Balaban J connectivity index is 2.31. The highest BCUT2D eigenvalue weighted by molar-refractivity contribution is 5.74. The SMILES string of the molecule is Cc1ccc(Nc2ccc([N+](=O)[O-])cc2N)c(F)c1. The number of nitrogens with two attached hydrogens (primary N) is 1. The van der Waals surface area contributed by atoms with Crippen molar-refractivity contribution in [3.63, 3.8) is 0 Å². The standard InChI is InChI=1S/C13H12FN3O2/c1-8-2-4-12(10(14)6-8)16-13-5-3-9(17(18)19)7-11(13)15/h2-7,16H,15H2,1H3. The normalized spacial score (nSPS) is 10.2. The van der Waals surface area contributed by atoms with Crippen molar-refractivity contribution < 1.29 is 9.31 Å². The number of halogens is 1. The topological polar surface area (TPSA) is 81.2 Å². The zero-order chi connectivity index (χ0) is 14.0. The summed E-state index contributed by atoms with van der Waals surface area (Å²) in [5, 5.41) is 13.4. The van der Waals surface area contributed by atoms with E-state index in [9.17, 15) is 14.5 Å². The quantitative estimate of drug-likeness (QED) is 0.504. The molecule has 0 heterocycles. The van der Waals surface area contributed by atoms with E-state index >= 15 is 0 Å². The first-order chi connectivity index (χ1) is 8.97. The molecule has 0 atom stereocenters. The van der Waals surface area contributed by atoms with Gasteiger partial charge >= 0.3 is 0 Å². The molecular formula is C13H12FN3O2. The molecule has 0 aliphatic rings. The van der Waals surface area contributed by atoms with Gasteiger partial charge < -0.3 is 11.1 Å². The third kappa shape index (κ3) is 2.79. The Hall–Kier alpha value is -2.63. The molecule has 0 spiro atoms. The van der Waals surface area contributed by atoms with Gasteiger partial charge in [0, 0.05) is 12.1 Å². The molecule has 0 aromatic heterocycles. The molecule has 3 N–H and O–H groups in total. The Labute approximate surface area is 109 Å². The summed E-state index contributed by atoms with van der Waals surface area (Å²) in [5.41, 5.74) is 7.28. The van der Waals surface area contributed by atoms with Crippen LogP contribution in [0.25, 0.3) is 0 Å². The van der Waals surface area contributed by atoms with Gasteiger partial charge in [-0.1, -0.05) is 6.07 Å². The van der Waals surface area contributed by atoms with Crippen LogP contribution >= 0.6 is 0 Å². The van der Waals surface area contributed by atoms with Gasteiger partial charge in [0.1, 0.15) is 5.82 Å². The minimum absolute atomic E-state index is 0.104. The number of anilines is 3. The maximum absolute atomic E-state index is 13.7. The molecule has 0 bridgehead atoms. The number of nitro groups is 1. The van der Waals surface area contributed by atoms with Crippen molar-refractivity contribution in [2.45, 2.75) is 6.92 Å². The molecule has 2 aromatic carbocycles. The molecule has 2 rings (SSSR count). The minimum atomic E-state index is -0.535. The molecule has 2 aromatic rings. The van der Waals surface area contributed by atoms with Crippen molar-refractivity contribution in [3.8, 4) is 0 Å². The number of nitrogens with one attached hydrogen (secondary N) is 1. The molecule has 5 nitrogen and oxygen atoms in total. The summed E-state index contributed by atoms with van der Waals surface area (Å²) in [6.07, 6.45) is 0. The Kier molecular flexibility index (Phi) is 3.33. The summed E-state index contributed by atoms with van der Waals surface area (Å²) in [7, 11) is 0. The van der Waals surface area contributed by atoms with E-state index in [2.05, 4.69) is 5.32 Å². The van der Waals surface area contributed by atoms with Crippen molar-refractivity contribution in [2.75, 3.05) is 11.1 Å². The summed E-state index contributed by atoms with van der Waals surface area (Å²) >= 11 is 0. The van der Waals surface area contributed by atoms with Crippen LogP contribution in [0.5, 0.6) is 0 Å². The molecule has 19 heavy (non-hydrogen) atoms. The molecular weight excluding hydrogens is 249 g/mol. The summed E-state index contributed by atoms with van der Waals surface area (Å²) in [4.78, 5) is 10.0. The van der Waals surface area contributed by atoms with Crippen LogP contribution in [0.4, 0.5) is 27.1 Å². The van der Waals surface area contributed by atoms with Crippen LogP contribution in [-0.2, 0) is 0 Å². The summed E-state index contributed by atoms with van der Waals surface area (Å²) in [6, 6.07) is 8.73. The van der Waals surface area contributed by atoms with Gasteiger partial charge in [0.25, 0.3) is 5.69 Å². The summed E-state index contributed by atoms with van der Waals surface area (Å²) < 4.78 is 13.7. The maximum atomic E-state index is 13.7. The average molecular weight is 261 g/mol. The fraction of sp³-hybridized carbons (Fsp3) is 0.0769. The number of aryl methyl sites for hydroxylation is 1. The molecule has 0 unspecified atom stereocenters. The molecule has 0 radical (unpaired) electrons. The fourth-order valence-electron chi connectivity index (χ4n) is 1.64. The second-order valence-corrected chi connectivity index (χ2v) is 4.14. The fourth-order valence-corrected chi connectivity index (χ4v) is 1.64. The number of non-ortho nitro benzene ring substituents is 1. The van der Waals surface area contributed by atoms with E-state index in [1.165, 1.54) is 24.3 Å². The Morgan fingerprint density at radius 2 is 1.89 bits per heavy atom. The Morgan fingerprint density at radius 1 is 1.21 bits per heavy atom. The number of rotatable bonds is 3. The van der Waals surface area contributed by atoms with Gasteiger partial charge in [-0.05, 0) is 30.7 Å². The first kappa shape index (κ1) is 12.8. The average Bonchev–Trinajstić information content (AvgIpc) is 2.34. The van der Waals surface area contributed by atoms with Crippen LogP contribution < -0.4 is 11.1 Å². The highest BCUT2D eigenvalue weighted by Gasteiger charge is 2.10. The van der Waals surface area contributed by atoms with E-state index in [0.717, 1.165) is 5.56 Å². The molecule has 0 amide bonds. The Bertz CT molecular complexity index is 644. The monoisotopic (exact) mass is 261 g/mol. The summed E-state index contributed by atoms with van der Waals surface area (Å²) in [6.45, 7) is 1.78. The number of hydrogen-bond acceptors (Lipinski definition) is 4. The first-order valence-corrected chi connectivity index (χ1v) is 5.54. The van der Waals surface area contributed by atoms with Crippen LogP contribution in [0.3, 0.4) is 0 Å². The van der Waals surface area contributed by atoms with E-state index < -0.39 is 10.7 Å². The third-order valence-electron chi connectivity index (χ3n) is 2.64. The first-order valence-electron chi connectivity index (χ1n) is 5.54. The van der Waals surface area contributed by atoms with Crippen LogP contribution in [0.2, 0.25) is 0 Å². The smallest absolute Gasteiger partial charge is 0.271 e. The van der Waals surface area contributed by atoms with Gasteiger partial charge in [-0.3, -0.25) is 10.1 Å². The van der Waals surface area contributed by atoms with Crippen LogP contribution in [0.1, 0.15) is 5.56 Å².